The lowest BCUT2D eigenvalue weighted by Crippen LogP contribution is -2.50. The molecule has 4 N–H and O–H groups in total. The van der Waals surface area contributed by atoms with Crippen molar-refractivity contribution in [2.45, 2.75) is 25.8 Å². The van der Waals surface area contributed by atoms with Crippen LogP contribution in [0.5, 0.6) is 0 Å². The van der Waals surface area contributed by atoms with Gasteiger partial charge >= 0.3 is 0 Å². The first-order valence-corrected chi connectivity index (χ1v) is 7.40. The van der Waals surface area contributed by atoms with Crippen LogP contribution in [0, 0.1) is 0 Å². The van der Waals surface area contributed by atoms with Crippen LogP contribution in [0.15, 0.2) is 0 Å². The summed E-state index contributed by atoms with van der Waals surface area (Å²) < 4.78 is 0. The van der Waals surface area contributed by atoms with Gasteiger partial charge in [-0.15, -0.1) is 0 Å². The molecule has 1 aromatic rings. The van der Waals surface area contributed by atoms with Crippen LogP contribution in [0.4, 0.5) is 10.9 Å². The summed E-state index contributed by atoms with van der Waals surface area (Å²) >= 11 is 1.24. The largest absolute Gasteiger partial charge is 0.382 e. The Morgan fingerprint density at radius 3 is 3.05 bits per heavy atom. The minimum absolute atomic E-state index is 0.140. The minimum atomic E-state index is -0.481. The van der Waals surface area contributed by atoms with E-state index in [0.29, 0.717) is 23.0 Å². The molecule has 110 valence electrons. The maximum Gasteiger partial charge on any atom is 0.265 e. The molecule has 8 heteroatoms. The molecular formula is C12H19N5O2S. The van der Waals surface area contributed by atoms with Crippen molar-refractivity contribution in [3.63, 3.8) is 0 Å². The molecule has 0 saturated carbocycles. The number of nitrogens with zero attached hydrogens (tertiary/aromatic N) is 2. The van der Waals surface area contributed by atoms with Gasteiger partial charge in [0.25, 0.3) is 5.91 Å². The molecule has 0 aromatic carbocycles. The summed E-state index contributed by atoms with van der Waals surface area (Å²) in [5.41, 5.74) is 5.79. The number of nitrogen functional groups attached to an aromatic ring is 1. The van der Waals surface area contributed by atoms with Crippen LogP contribution in [-0.2, 0) is 4.79 Å². The van der Waals surface area contributed by atoms with Gasteiger partial charge in [0.2, 0.25) is 5.91 Å². The Balaban J connectivity index is 2.09. The summed E-state index contributed by atoms with van der Waals surface area (Å²) in [5, 5.41) is 6.15. The molecule has 1 aliphatic heterocycles. The fraction of sp³-hybridized carbons (Fsp3) is 0.583. The number of nitrogens with two attached hydrogens (primary N) is 1. The Morgan fingerprint density at radius 1 is 1.65 bits per heavy atom. The highest BCUT2D eigenvalue weighted by molar-refractivity contribution is 7.18. The molecule has 20 heavy (non-hydrogen) atoms. The summed E-state index contributed by atoms with van der Waals surface area (Å²) in [6.07, 6.45) is 1.51. The van der Waals surface area contributed by atoms with E-state index >= 15 is 0 Å². The molecule has 1 unspecified atom stereocenters. The highest BCUT2D eigenvalue weighted by Crippen LogP contribution is 2.27. The summed E-state index contributed by atoms with van der Waals surface area (Å²) in [7, 11) is 1.88. The number of rotatable bonds is 4. The van der Waals surface area contributed by atoms with E-state index in [0.717, 1.165) is 13.0 Å². The van der Waals surface area contributed by atoms with E-state index in [-0.39, 0.29) is 17.6 Å². The molecule has 1 aliphatic rings. The van der Waals surface area contributed by atoms with Crippen molar-refractivity contribution in [3.8, 4) is 0 Å². The minimum Gasteiger partial charge on any atom is -0.382 e. The molecule has 2 heterocycles. The maximum absolute atomic E-state index is 12.2. The molecule has 2 rings (SSSR count). The van der Waals surface area contributed by atoms with Crippen molar-refractivity contribution in [1.82, 2.24) is 15.6 Å². The van der Waals surface area contributed by atoms with Crippen LogP contribution in [0.3, 0.4) is 0 Å². The molecular weight excluding hydrogens is 278 g/mol. The second kappa shape index (κ2) is 6.08. The Hall–Kier alpha value is -1.83. The molecule has 0 bridgehead atoms. The first-order valence-electron chi connectivity index (χ1n) is 6.59. The van der Waals surface area contributed by atoms with Crippen molar-refractivity contribution in [1.29, 1.82) is 0 Å². The van der Waals surface area contributed by atoms with Gasteiger partial charge in [0.05, 0.1) is 0 Å². The lowest BCUT2D eigenvalue weighted by atomic mass is 10.1. The van der Waals surface area contributed by atoms with Crippen LogP contribution in [0.25, 0.3) is 0 Å². The van der Waals surface area contributed by atoms with Crippen molar-refractivity contribution in [2.24, 2.45) is 0 Å². The Kier molecular flexibility index (Phi) is 4.43. The molecule has 1 saturated heterocycles. The van der Waals surface area contributed by atoms with Crippen LogP contribution in [-0.4, -0.2) is 43.0 Å². The fourth-order valence-corrected chi connectivity index (χ4v) is 2.83. The van der Waals surface area contributed by atoms with Crippen LogP contribution in [0.1, 0.15) is 29.4 Å². The van der Waals surface area contributed by atoms with Gasteiger partial charge in [-0.1, -0.05) is 11.3 Å². The van der Waals surface area contributed by atoms with Crippen LogP contribution in [0.2, 0.25) is 0 Å². The molecule has 1 atom stereocenters. The summed E-state index contributed by atoms with van der Waals surface area (Å²) in [6.45, 7) is 3.43. The van der Waals surface area contributed by atoms with E-state index in [4.69, 9.17) is 5.73 Å². The van der Waals surface area contributed by atoms with Gasteiger partial charge in [-0.3, -0.25) is 9.59 Å². The molecule has 1 aromatic heterocycles. The molecule has 2 amide bonds. The van der Waals surface area contributed by atoms with E-state index in [1.54, 1.807) is 0 Å². The first kappa shape index (κ1) is 14.6. The number of hydrogen-bond acceptors (Lipinski definition) is 6. The highest BCUT2D eigenvalue weighted by Gasteiger charge is 2.26. The number of hydrogen-bond donors (Lipinski definition) is 3. The second-order valence-corrected chi connectivity index (χ2v) is 5.66. The number of anilines is 2. The number of aromatic nitrogens is 1. The molecule has 1 fully saturated rings. The molecule has 7 nitrogen and oxygen atoms in total. The summed E-state index contributed by atoms with van der Waals surface area (Å²) in [4.78, 5) is 30.3. The third kappa shape index (κ3) is 3.01. The summed E-state index contributed by atoms with van der Waals surface area (Å²) in [5.74, 6) is -0.268. The van der Waals surface area contributed by atoms with Gasteiger partial charge in [-0.2, -0.15) is 0 Å². The molecule has 0 aliphatic carbocycles. The van der Waals surface area contributed by atoms with Gasteiger partial charge in [0, 0.05) is 20.1 Å². The van der Waals surface area contributed by atoms with Crippen molar-refractivity contribution in [2.75, 3.05) is 30.8 Å². The third-order valence-corrected chi connectivity index (χ3v) is 4.42. The maximum atomic E-state index is 12.2. The molecule has 0 spiro atoms. The average molecular weight is 297 g/mol. The topological polar surface area (TPSA) is 100 Å². The Morgan fingerprint density at radius 2 is 2.40 bits per heavy atom. The lowest BCUT2D eigenvalue weighted by Gasteiger charge is -2.22. The fourth-order valence-electron chi connectivity index (χ4n) is 1.91. The number of piperidine rings is 1. The Labute approximate surface area is 121 Å². The highest BCUT2D eigenvalue weighted by atomic mass is 32.1. The van der Waals surface area contributed by atoms with Gasteiger partial charge in [0.1, 0.15) is 16.7 Å². The second-order valence-electron chi connectivity index (χ2n) is 4.68. The van der Waals surface area contributed by atoms with Crippen LogP contribution < -0.4 is 21.3 Å². The van der Waals surface area contributed by atoms with Gasteiger partial charge in [0.15, 0.2) is 5.13 Å². The number of thiazole rings is 1. The van der Waals surface area contributed by atoms with E-state index in [9.17, 15) is 9.59 Å². The number of carbonyl (C=O) groups excluding carboxylic acids is 2. The van der Waals surface area contributed by atoms with Crippen LogP contribution >= 0.6 is 11.3 Å². The van der Waals surface area contributed by atoms with Gasteiger partial charge in [-0.25, -0.2) is 4.98 Å². The monoisotopic (exact) mass is 297 g/mol. The quantitative estimate of drug-likeness (QED) is 0.736. The van der Waals surface area contributed by atoms with Crippen molar-refractivity contribution in [3.05, 3.63) is 4.88 Å². The number of amides is 2. The molecule has 0 radical (unpaired) electrons. The third-order valence-electron chi connectivity index (χ3n) is 3.24. The zero-order chi connectivity index (χ0) is 14.7. The van der Waals surface area contributed by atoms with E-state index in [1.807, 2.05) is 18.9 Å². The zero-order valence-electron chi connectivity index (χ0n) is 11.6. The van der Waals surface area contributed by atoms with Crippen molar-refractivity contribution < 1.29 is 9.59 Å². The normalized spacial score (nSPS) is 18.5. The van der Waals surface area contributed by atoms with E-state index in [1.165, 1.54) is 11.3 Å². The first-order chi connectivity index (χ1) is 9.52. The van der Waals surface area contributed by atoms with Gasteiger partial charge in [-0.05, 0) is 19.8 Å². The smallest absolute Gasteiger partial charge is 0.265 e. The average Bonchev–Trinajstić information content (AvgIpc) is 2.82. The van der Waals surface area contributed by atoms with Crippen molar-refractivity contribution >= 4 is 34.1 Å². The predicted molar refractivity (Wildman–Crippen MR) is 79.0 cm³/mol. The van der Waals surface area contributed by atoms with Gasteiger partial charge < -0.3 is 21.3 Å². The number of nitrogens with one attached hydrogen (secondary N) is 2. The van der Waals surface area contributed by atoms with E-state index < -0.39 is 6.04 Å². The zero-order valence-corrected chi connectivity index (χ0v) is 12.4. The SMILES string of the molecule is CCN(C)c1nc(N)c(C(=O)NC2CCCNC2=O)s1. The predicted octanol–water partition coefficient (Wildman–Crippen LogP) is 0.190. The summed E-state index contributed by atoms with van der Waals surface area (Å²) in [6, 6.07) is -0.481. The lowest BCUT2D eigenvalue weighted by molar-refractivity contribution is -0.124. The Bertz CT molecular complexity index is 516. The standard InChI is InChI=1S/C12H19N5O2S/c1-3-17(2)12-16-9(13)8(20-12)11(19)15-7-5-4-6-14-10(7)18/h7H,3-6,13H2,1-2H3,(H,14,18)(H,15,19). The van der Waals surface area contributed by atoms with E-state index in [2.05, 4.69) is 15.6 Å². The number of carbonyl (C=O) groups is 2.